The monoisotopic (exact) mass is 251 g/mol. The van der Waals surface area contributed by atoms with Gasteiger partial charge >= 0.3 is 0 Å². The van der Waals surface area contributed by atoms with Gasteiger partial charge in [-0.3, -0.25) is 4.90 Å². The number of aldehydes is 1. The third-order valence-corrected chi connectivity index (χ3v) is 3.00. The summed E-state index contributed by atoms with van der Waals surface area (Å²) < 4.78 is 0. The summed E-state index contributed by atoms with van der Waals surface area (Å²) in [6, 6.07) is 10.5. The summed E-state index contributed by atoms with van der Waals surface area (Å²) in [4.78, 5) is 12.6. The third kappa shape index (κ3) is 3.99. The van der Waals surface area contributed by atoms with Gasteiger partial charge in [0.05, 0.1) is 0 Å². The first-order valence-corrected chi connectivity index (χ1v) is 5.80. The molecule has 0 fully saturated rings. The van der Waals surface area contributed by atoms with Crippen molar-refractivity contribution in [2.24, 2.45) is 0 Å². The summed E-state index contributed by atoms with van der Waals surface area (Å²) in [6.45, 7) is 2.93. The molecule has 3 heteroatoms. The lowest BCUT2D eigenvalue weighted by atomic mass is 9.99. The molecule has 0 aliphatic carbocycles. The first-order valence-electron chi connectivity index (χ1n) is 5.80. The third-order valence-electron chi connectivity index (χ3n) is 3.00. The second-order valence-corrected chi connectivity index (χ2v) is 4.10. The van der Waals surface area contributed by atoms with Gasteiger partial charge in [0.15, 0.2) is 0 Å². The van der Waals surface area contributed by atoms with Gasteiger partial charge in [-0.25, -0.2) is 0 Å². The number of carbonyl (C=O) groups is 1. The Morgan fingerprint density at radius 1 is 1.24 bits per heavy atom. The van der Waals surface area contributed by atoms with Crippen LogP contribution in [0.5, 0.6) is 0 Å². The highest BCUT2D eigenvalue weighted by molar-refractivity contribution is 5.85. The maximum Gasteiger partial charge on any atom is 0.121 e. The fourth-order valence-corrected chi connectivity index (χ4v) is 2.06. The molecule has 1 aromatic carbocycles. The van der Waals surface area contributed by atoms with E-state index in [1.54, 1.807) is 0 Å². The number of hydrogen-bond donors (Lipinski definition) is 0. The van der Waals surface area contributed by atoms with Crippen LogP contribution in [0.25, 0.3) is 5.57 Å². The van der Waals surface area contributed by atoms with Crippen LogP contribution >= 0.6 is 12.4 Å². The normalized spacial score (nSPS) is 15.9. The van der Waals surface area contributed by atoms with Crippen LogP contribution < -0.4 is 0 Å². The van der Waals surface area contributed by atoms with E-state index in [1.807, 2.05) is 6.07 Å². The summed E-state index contributed by atoms with van der Waals surface area (Å²) in [5, 5.41) is 0. The lowest BCUT2D eigenvalue weighted by Crippen LogP contribution is -2.29. The topological polar surface area (TPSA) is 20.3 Å². The van der Waals surface area contributed by atoms with Crippen molar-refractivity contribution in [2.45, 2.75) is 12.8 Å². The Morgan fingerprint density at radius 2 is 2.00 bits per heavy atom. The average molecular weight is 252 g/mol. The quantitative estimate of drug-likeness (QED) is 0.767. The van der Waals surface area contributed by atoms with Gasteiger partial charge in [-0.1, -0.05) is 36.4 Å². The minimum atomic E-state index is 0. The van der Waals surface area contributed by atoms with Crippen LogP contribution in [0.15, 0.2) is 36.4 Å². The predicted molar refractivity (Wildman–Crippen MR) is 73.4 cm³/mol. The Labute approximate surface area is 109 Å². The highest BCUT2D eigenvalue weighted by Crippen LogP contribution is 2.21. The summed E-state index contributed by atoms with van der Waals surface area (Å²) >= 11 is 0. The molecule has 0 N–H and O–H groups in total. The number of rotatable bonds is 4. The first kappa shape index (κ1) is 13.9. The van der Waals surface area contributed by atoms with Gasteiger partial charge in [0.25, 0.3) is 0 Å². The molecule has 17 heavy (non-hydrogen) atoms. The van der Waals surface area contributed by atoms with Gasteiger partial charge < -0.3 is 4.79 Å². The zero-order valence-corrected chi connectivity index (χ0v) is 10.7. The molecule has 0 bridgehead atoms. The van der Waals surface area contributed by atoms with Gasteiger partial charge in [-0.05, 0) is 17.6 Å². The number of carbonyl (C=O) groups excluding carboxylic acids is 1. The van der Waals surface area contributed by atoms with Crippen LogP contribution in [0.1, 0.15) is 18.4 Å². The molecule has 1 heterocycles. The summed E-state index contributed by atoms with van der Waals surface area (Å²) in [5.74, 6) is 0. The smallest absolute Gasteiger partial charge is 0.121 e. The van der Waals surface area contributed by atoms with Crippen LogP contribution in [0.3, 0.4) is 0 Å². The summed E-state index contributed by atoms with van der Waals surface area (Å²) in [6.07, 6.45) is 5.01. The molecule has 0 unspecified atom stereocenters. The van der Waals surface area contributed by atoms with Gasteiger partial charge in [0.2, 0.25) is 0 Å². The number of halogens is 1. The lowest BCUT2D eigenvalue weighted by Gasteiger charge is -2.25. The Kier molecular flexibility index (Phi) is 5.95. The van der Waals surface area contributed by atoms with E-state index in [0.29, 0.717) is 6.42 Å². The van der Waals surface area contributed by atoms with Gasteiger partial charge in [-0.15, -0.1) is 12.4 Å². The molecular formula is C14H18ClNO. The van der Waals surface area contributed by atoms with Crippen LogP contribution in [0.4, 0.5) is 0 Å². The van der Waals surface area contributed by atoms with Crippen molar-refractivity contribution in [3.63, 3.8) is 0 Å². The second kappa shape index (κ2) is 7.25. The van der Waals surface area contributed by atoms with E-state index in [-0.39, 0.29) is 12.4 Å². The minimum absolute atomic E-state index is 0. The molecule has 0 amide bonds. The Balaban J connectivity index is 0.00000144. The molecule has 0 atom stereocenters. The maximum absolute atomic E-state index is 10.3. The van der Waals surface area contributed by atoms with Crippen LogP contribution in [-0.4, -0.2) is 30.8 Å². The van der Waals surface area contributed by atoms with E-state index in [9.17, 15) is 4.79 Å². The largest absolute Gasteiger partial charge is 0.303 e. The number of benzene rings is 1. The van der Waals surface area contributed by atoms with Crippen molar-refractivity contribution >= 4 is 24.3 Å². The zero-order valence-electron chi connectivity index (χ0n) is 9.84. The SMILES string of the molecule is Cl.O=CCCN1CC=C(c2ccccc2)CC1. The maximum atomic E-state index is 10.3. The van der Waals surface area contributed by atoms with Crippen LogP contribution in [0.2, 0.25) is 0 Å². The highest BCUT2D eigenvalue weighted by atomic mass is 35.5. The average Bonchev–Trinajstić information content (AvgIpc) is 2.38. The molecule has 1 aliphatic rings. The molecule has 0 radical (unpaired) electrons. The van der Waals surface area contributed by atoms with Gasteiger partial charge in [0.1, 0.15) is 6.29 Å². The minimum Gasteiger partial charge on any atom is -0.303 e. The van der Waals surface area contributed by atoms with Crippen molar-refractivity contribution in [2.75, 3.05) is 19.6 Å². The van der Waals surface area contributed by atoms with E-state index in [4.69, 9.17) is 0 Å². The molecule has 2 nitrogen and oxygen atoms in total. The zero-order chi connectivity index (χ0) is 11.2. The molecule has 92 valence electrons. The molecular weight excluding hydrogens is 234 g/mol. The molecule has 0 spiro atoms. The van der Waals surface area contributed by atoms with E-state index in [2.05, 4.69) is 35.2 Å². The molecule has 0 saturated heterocycles. The number of hydrogen-bond acceptors (Lipinski definition) is 2. The van der Waals surface area contributed by atoms with E-state index >= 15 is 0 Å². The Morgan fingerprint density at radius 3 is 2.59 bits per heavy atom. The van der Waals surface area contributed by atoms with Crippen molar-refractivity contribution in [3.05, 3.63) is 42.0 Å². The summed E-state index contributed by atoms with van der Waals surface area (Å²) in [5.41, 5.74) is 2.76. The van der Waals surface area contributed by atoms with Crippen LogP contribution in [0, 0.1) is 0 Å². The first-order chi connectivity index (χ1) is 7.90. The molecule has 0 aromatic heterocycles. The van der Waals surface area contributed by atoms with Crippen molar-refractivity contribution in [1.29, 1.82) is 0 Å². The van der Waals surface area contributed by atoms with Crippen molar-refractivity contribution < 1.29 is 4.79 Å². The van der Waals surface area contributed by atoms with Crippen molar-refractivity contribution in [1.82, 2.24) is 4.90 Å². The van der Waals surface area contributed by atoms with E-state index in [0.717, 1.165) is 32.3 Å². The molecule has 2 rings (SSSR count). The van der Waals surface area contributed by atoms with Gasteiger partial charge in [0, 0.05) is 26.1 Å². The number of nitrogens with zero attached hydrogens (tertiary/aromatic N) is 1. The van der Waals surface area contributed by atoms with Crippen LogP contribution in [-0.2, 0) is 4.79 Å². The van der Waals surface area contributed by atoms with E-state index in [1.165, 1.54) is 11.1 Å². The highest BCUT2D eigenvalue weighted by Gasteiger charge is 2.11. The standard InChI is InChI=1S/C14H17NO.ClH/c16-12-4-9-15-10-7-14(8-11-15)13-5-2-1-3-6-13;/h1-3,5-7,12H,4,8-11H2;1H. The fraction of sp³-hybridized carbons (Fsp3) is 0.357. The predicted octanol–water partition coefficient (Wildman–Crippen LogP) is 2.79. The van der Waals surface area contributed by atoms with Crippen molar-refractivity contribution in [3.8, 4) is 0 Å². The Hall–Kier alpha value is -1.12. The lowest BCUT2D eigenvalue weighted by molar-refractivity contribution is -0.108. The molecule has 1 aliphatic heterocycles. The fourth-order valence-electron chi connectivity index (χ4n) is 2.06. The molecule has 1 aromatic rings. The Bertz CT molecular complexity index is 375. The second-order valence-electron chi connectivity index (χ2n) is 4.10. The van der Waals surface area contributed by atoms with Gasteiger partial charge in [-0.2, -0.15) is 0 Å². The summed E-state index contributed by atoms with van der Waals surface area (Å²) in [7, 11) is 0. The van der Waals surface area contributed by atoms with E-state index < -0.39 is 0 Å². The molecule has 0 saturated carbocycles.